The Morgan fingerprint density at radius 3 is 1.96 bits per heavy atom. The molecule has 308 valence electrons. The number of aliphatic hydroxyl groups excluding tert-OH is 1. The second-order valence-corrected chi connectivity index (χ2v) is 16.6. The average molecular weight is 846 g/mol. The van der Waals surface area contributed by atoms with E-state index in [0.29, 0.717) is 17.3 Å². The third-order valence-electron chi connectivity index (χ3n) is 9.22. The van der Waals surface area contributed by atoms with Crippen molar-refractivity contribution >= 4 is 64.2 Å². The summed E-state index contributed by atoms with van der Waals surface area (Å²) in [6.07, 6.45) is -6.84. The molecule has 3 aromatic rings. The summed E-state index contributed by atoms with van der Waals surface area (Å²) in [5.41, 5.74) is 3.52. The molecule has 0 saturated carbocycles. The first-order chi connectivity index (χ1) is 27.2. The van der Waals surface area contributed by atoms with Crippen molar-refractivity contribution in [2.45, 2.75) is 114 Å². The highest BCUT2D eigenvalue weighted by Gasteiger charge is 2.52. The van der Waals surface area contributed by atoms with Gasteiger partial charge in [-0.15, -0.1) is 10.2 Å². The van der Waals surface area contributed by atoms with E-state index in [0.717, 1.165) is 38.5 Å². The molecule has 3 heterocycles. The van der Waals surface area contributed by atoms with Crippen LogP contribution in [0.2, 0.25) is 0 Å². The zero-order chi connectivity index (χ0) is 41.2. The fourth-order valence-corrected chi connectivity index (χ4v) is 8.77. The summed E-state index contributed by atoms with van der Waals surface area (Å²) in [4.78, 5) is 48.5. The van der Waals surface area contributed by atoms with Crippen molar-refractivity contribution in [1.29, 1.82) is 0 Å². The predicted molar refractivity (Wildman–Crippen MR) is 211 cm³/mol. The minimum absolute atomic E-state index is 0.00890. The van der Waals surface area contributed by atoms with Crippen molar-refractivity contribution in [3.05, 3.63) is 75.8 Å². The van der Waals surface area contributed by atoms with Gasteiger partial charge in [0.05, 0.1) is 23.8 Å². The summed E-state index contributed by atoms with van der Waals surface area (Å²) in [6.45, 7) is 8.72. The van der Waals surface area contributed by atoms with Crippen molar-refractivity contribution in [3.63, 3.8) is 0 Å². The van der Waals surface area contributed by atoms with Gasteiger partial charge in [-0.25, -0.2) is 0 Å². The fourth-order valence-electron chi connectivity index (χ4n) is 6.53. The van der Waals surface area contributed by atoms with Crippen LogP contribution in [0.5, 0.6) is 0 Å². The fraction of sp³-hybridized carbons (Fsp3) is 0.513. The molecule has 18 heteroatoms. The first-order valence-corrected chi connectivity index (χ1v) is 20.5. The topological polar surface area (TPSA) is 191 Å². The Kier molecular flexibility index (Phi) is 15.9. The van der Waals surface area contributed by atoms with Crippen molar-refractivity contribution < 1.29 is 57.4 Å². The molecule has 9 atom stereocenters. The number of thioether (sulfide) groups is 1. The number of aromatic nitrogens is 2. The molecular formula is C39H47N3O12S3. The lowest BCUT2D eigenvalue weighted by Gasteiger charge is -2.44. The van der Waals surface area contributed by atoms with Gasteiger partial charge in [0.2, 0.25) is 0 Å². The molecule has 1 aromatic heterocycles. The largest absolute Gasteiger partial charge is 0.463 e. The summed E-state index contributed by atoms with van der Waals surface area (Å²) in [7, 11) is 0. The number of ether oxygens (including phenoxy) is 7. The second kappa shape index (κ2) is 20.6. The number of carbonyl (C=O) groups excluding carboxylic acids is 4. The number of nitrogens with zero attached hydrogens (tertiary/aromatic N) is 2. The Hall–Kier alpha value is -4.04. The molecule has 2 fully saturated rings. The number of aryl methyl sites for hydroxylation is 1. The van der Waals surface area contributed by atoms with E-state index in [9.17, 15) is 24.3 Å². The molecule has 2 aliphatic heterocycles. The Balaban J connectivity index is 1.27. The van der Waals surface area contributed by atoms with Gasteiger partial charge in [0, 0.05) is 57.9 Å². The van der Waals surface area contributed by atoms with Crippen molar-refractivity contribution in [2.75, 3.05) is 12.4 Å². The lowest BCUT2D eigenvalue weighted by Crippen LogP contribution is -2.62. The van der Waals surface area contributed by atoms with Gasteiger partial charge in [-0.2, -0.15) is 0 Å². The SMILES string of the molecule is CC(=O)OC[C@H]1O[C@@H](CC(=S)NCc2ccc(C3O[C@H](CSc4nnc(C)s4)[C@H](C)[C@H](c4ccc(CO)cc4)O3)cc2)[C@H](OC(C)=O)[C@@H](OC(C)=O)[C@@H]1OC(C)=O. The third kappa shape index (κ3) is 12.5. The number of hydrogen-bond acceptors (Lipinski definition) is 17. The molecule has 0 radical (unpaired) electrons. The standard InChI is InChI=1S/C39H47N3O12S3/c1-20-32(19-56-39-42-41-21(2)57-39)53-38(54-34(20)28-11-9-27(17-43)10-12-28)29-13-7-26(8-14-29)16-40-33(55)15-30-35(49-23(4)45)37(51-25(6)47)36(50-24(5)46)31(52-30)18-48-22(3)44/h7-14,20,30-32,34-38,43H,15-19H2,1-6H3,(H,40,55)/t20-,30-,31+,32+,34+,35-,36+,37+,38?/m0/s1. The summed E-state index contributed by atoms with van der Waals surface area (Å²) in [5.74, 6) is -2.05. The Labute approximate surface area is 344 Å². The first kappa shape index (κ1) is 44.1. The van der Waals surface area contributed by atoms with Gasteiger partial charge in [0.15, 0.2) is 28.9 Å². The molecule has 57 heavy (non-hydrogen) atoms. The van der Waals surface area contributed by atoms with E-state index in [2.05, 4.69) is 22.4 Å². The number of esters is 4. The predicted octanol–water partition coefficient (Wildman–Crippen LogP) is 4.86. The molecule has 0 spiro atoms. The minimum Gasteiger partial charge on any atom is -0.463 e. The molecule has 0 amide bonds. The van der Waals surface area contributed by atoms with E-state index in [1.54, 1.807) is 23.1 Å². The highest BCUT2D eigenvalue weighted by Crippen LogP contribution is 2.43. The molecule has 15 nitrogen and oxygen atoms in total. The Morgan fingerprint density at radius 1 is 0.789 bits per heavy atom. The van der Waals surface area contributed by atoms with Crippen molar-refractivity contribution in [1.82, 2.24) is 15.5 Å². The third-order valence-corrected chi connectivity index (χ3v) is 11.6. The second-order valence-electron chi connectivity index (χ2n) is 13.7. The van der Waals surface area contributed by atoms with Crippen LogP contribution in [0.15, 0.2) is 52.9 Å². The normalized spacial score (nSPS) is 25.8. The van der Waals surface area contributed by atoms with E-state index in [4.69, 9.17) is 45.4 Å². The molecule has 5 rings (SSSR count). The minimum atomic E-state index is -1.27. The molecule has 1 unspecified atom stereocenters. The zero-order valence-corrected chi connectivity index (χ0v) is 34.9. The van der Waals surface area contributed by atoms with Gasteiger partial charge < -0.3 is 43.6 Å². The average Bonchev–Trinajstić information content (AvgIpc) is 3.59. The van der Waals surface area contributed by atoms with Crippen LogP contribution in [-0.4, -0.2) is 93.2 Å². The van der Waals surface area contributed by atoms with Gasteiger partial charge in [0.1, 0.15) is 23.8 Å². The zero-order valence-electron chi connectivity index (χ0n) is 32.4. The maximum absolute atomic E-state index is 12.2. The number of nitrogens with one attached hydrogen (secondary N) is 1. The van der Waals surface area contributed by atoms with Crippen LogP contribution in [0.4, 0.5) is 0 Å². The highest BCUT2D eigenvalue weighted by molar-refractivity contribution is 8.01. The molecule has 0 bridgehead atoms. The van der Waals surface area contributed by atoms with E-state index in [1.807, 2.05) is 55.5 Å². The quantitative estimate of drug-likeness (QED) is 0.0912. The number of carbonyl (C=O) groups is 4. The molecule has 0 aliphatic carbocycles. The van der Waals surface area contributed by atoms with Crippen LogP contribution < -0.4 is 5.32 Å². The van der Waals surface area contributed by atoms with Crippen molar-refractivity contribution in [3.8, 4) is 0 Å². The number of hydrogen-bond donors (Lipinski definition) is 2. The van der Waals surface area contributed by atoms with Crippen LogP contribution in [-0.2, 0) is 65.5 Å². The summed E-state index contributed by atoms with van der Waals surface area (Å²) in [5, 5.41) is 22.1. The van der Waals surface area contributed by atoms with Gasteiger partial charge in [0.25, 0.3) is 0 Å². The number of aliphatic hydroxyl groups is 1. The van der Waals surface area contributed by atoms with Crippen LogP contribution in [0.3, 0.4) is 0 Å². The van der Waals surface area contributed by atoms with E-state index >= 15 is 0 Å². The Morgan fingerprint density at radius 2 is 1.39 bits per heavy atom. The van der Waals surface area contributed by atoms with Gasteiger partial charge in [-0.1, -0.05) is 90.8 Å². The monoisotopic (exact) mass is 845 g/mol. The Bertz CT molecular complexity index is 1860. The van der Waals surface area contributed by atoms with Crippen LogP contribution in [0.25, 0.3) is 0 Å². The summed E-state index contributed by atoms with van der Waals surface area (Å²) >= 11 is 8.83. The van der Waals surface area contributed by atoms with Crippen LogP contribution in [0.1, 0.15) is 80.7 Å². The van der Waals surface area contributed by atoms with Gasteiger partial charge in [-0.3, -0.25) is 19.2 Å². The maximum atomic E-state index is 12.2. The van der Waals surface area contributed by atoms with Gasteiger partial charge in [-0.05, 0) is 23.6 Å². The lowest BCUT2D eigenvalue weighted by atomic mass is 9.91. The number of thiocarbonyl (C=S) groups is 1. The highest BCUT2D eigenvalue weighted by atomic mass is 32.2. The van der Waals surface area contributed by atoms with Crippen molar-refractivity contribution in [2.24, 2.45) is 5.92 Å². The molecular weight excluding hydrogens is 799 g/mol. The van der Waals surface area contributed by atoms with E-state index in [-0.39, 0.29) is 37.8 Å². The van der Waals surface area contributed by atoms with Crippen LogP contribution >= 0.6 is 35.3 Å². The summed E-state index contributed by atoms with van der Waals surface area (Å²) < 4.78 is 42.0. The summed E-state index contributed by atoms with van der Waals surface area (Å²) in [6, 6.07) is 15.5. The lowest BCUT2D eigenvalue weighted by molar-refractivity contribution is -0.268. The molecule has 2 saturated heterocycles. The van der Waals surface area contributed by atoms with Crippen LogP contribution in [0, 0.1) is 12.8 Å². The maximum Gasteiger partial charge on any atom is 0.303 e. The van der Waals surface area contributed by atoms with Gasteiger partial charge >= 0.3 is 23.9 Å². The number of rotatable bonds is 15. The molecule has 2 aliphatic rings. The number of benzene rings is 2. The first-order valence-electron chi connectivity index (χ1n) is 18.3. The van der Waals surface area contributed by atoms with E-state index < -0.39 is 60.7 Å². The van der Waals surface area contributed by atoms with E-state index in [1.165, 1.54) is 20.8 Å². The molecule has 2 N–H and O–H groups in total. The molecule has 2 aromatic carbocycles. The smallest absolute Gasteiger partial charge is 0.303 e.